The molecule has 1 unspecified atom stereocenters. The zero-order valence-electron chi connectivity index (χ0n) is 6.66. The summed E-state index contributed by atoms with van der Waals surface area (Å²) in [5, 5.41) is 9.42. The van der Waals surface area contributed by atoms with Crippen LogP contribution in [0.5, 0.6) is 5.75 Å². The minimum atomic E-state index is -0.0351. The van der Waals surface area contributed by atoms with Crippen molar-refractivity contribution in [3.8, 4) is 5.75 Å². The molecule has 64 valence electrons. The first-order chi connectivity index (χ1) is 5.83. The quantitative estimate of drug-likeness (QED) is 0.650. The Bertz CT molecular complexity index is 299. The highest BCUT2D eigenvalue weighted by Gasteiger charge is 2.23. The minimum Gasteiger partial charge on any atom is -0.508 e. The minimum absolute atomic E-state index is 0.0351. The molecule has 0 radical (unpaired) electrons. The van der Waals surface area contributed by atoms with Gasteiger partial charge in [-0.25, -0.2) is 0 Å². The van der Waals surface area contributed by atoms with Crippen LogP contribution in [0.15, 0.2) is 18.2 Å². The first kappa shape index (κ1) is 7.58. The lowest BCUT2D eigenvalue weighted by Crippen LogP contribution is -2.10. The summed E-state index contributed by atoms with van der Waals surface area (Å²) in [5.41, 5.74) is 7.40. The molecule has 0 aromatic heterocycles. The summed E-state index contributed by atoms with van der Waals surface area (Å²) in [7, 11) is 0. The van der Waals surface area contributed by atoms with E-state index in [0.29, 0.717) is 18.9 Å². The van der Waals surface area contributed by atoms with Gasteiger partial charge in [-0.05, 0) is 11.6 Å². The molecule has 0 saturated carbocycles. The van der Waals surface area contributed by atoms with E-state index in [4.69, 9.17) is 10.5 Å². The highest BCUT2D eigenvalue weighted by molar-refractivity contribution is 5.42. The fourth-order valence-corrected chi connectivity index (χ4v) is 1.52. The fraction of sp³-hybridized carbons (Fsp3) is 0.333. The molecule has 3 nitrogen and oxygen atoms in total. The van der Waals surface area contributed by atoms with Crippen LogP contribution in [0.4, 0.5) is 0 Å². The molecule has 0 bridgehead atoms. The van der Waals surface area contributed by atoms with Gasteiger partial charge in [-0.1, -0.05) is 12.1 Å². The number of ether oxygens (including phenoxy) is 1. The second-order valence-electron chi connectivity index (χ2n) is 2.88. The molecule has 1 aliphatic heterocycles. The van der Waals surface area contributed by atoms with Crippen molar-refractivity contribution in [3.63, 3.8) is 0 Å². The van der Waals surface area contributed by atoms with E-state index in [9.17, 15) is 5.11 Å². The van der Waals surface area contributed by atoms with Crippen LogP contribution in [0.1, 0.15) is 17.2 Å². The summed E-state index contributed by atoms with van der Waals surface area (Å²) < 4.78 is 5.37. The lowest BCUT2D eigenvalue weighted by molar-refractivity contribution is 0.0718. The molecule has 3 N–H and O–H groups in total. The van der Waals surface area contributed by atoms with Crippen LogP contribution in [-0.4, -0.2) is 11.7 Å². The Balaban J connectivity index is 2.46. The van der Waals surface area contributed by atoms with Crippen molar-refractivity contribution in [1.82, 2.24) is 0 Å². The SMILES string of the molecule is NCC1OCc2c(O)cccc21. The lowest BCUT2D eigenvalue weighted by Gasteiger charge is -2.06. The molecule has 3 heteroatoms. The molecule has 1 aliphatic rings. The van der Waals surface area contributed by atoms with Crippen LogP contribution >= 0.6 is 0 Å². The zero-order valence-corrected chi connectivity index (χ0v) is 6.66. The van der Waals surface area contributed by atoms with Gasteiger partial charge in [-0.2, -0.15) is 0 Å². The summed E-state index contributed by atoms with van der Waals surface area (Å²) in [6, 6.07) is 5.42. The largest absolute Gasteiger partial charge is 0.508 e. The summed E-state index contributed by atoms with van der Waals surface area (Å²) in [4.78, 5) is 0. The predicted molar refractivity (Wildman–Crippen MR) is 44.7 cm³/mol. The molecule has 12 heavy (non-hydrogen) atoms. The van der Waals surface area contributed by atoms with Crippen molar-refractivity contribution in [3.05, 3.63) is 29.3 Å². The number of hydrogen-bond acceptors (Lipinski definition) is 3. The van der Waals surface area contributed by atoms with E-state index >= 15 is 0 Å². The van der Waals surface area contributed by atoms with Crippen LogP contribution < -0.4 is 5.73 Å². The molecule has 0 spiro atoms. The van der Waals surface area contributed by atoms with E-state index in [1.807, 2.05) is 12.1 Å². The number of phenolic OH excluding ortho intramolecular Hbond substituents is 1. The van der Waals surface area contributed by atoms with Crippen LogP contribution in [-0.2, 0) is 11.3 Å². The Morgan fingerprint density at radius 2 is 2.42 bits per heavy atom. The van der Waals surface area contributed by atoms with E-state index in [1.165, 1.54) is 0 Å². The first-order valence-corrected chi connectivity index (χ1v) is 3.95. The topological polar surface area (TPSA) is 55.5 Å². The zero-order chi connectivity index (χ0) is 8.55. The monoisotopic (exact) mass is 165 g/mol. The Morgan fingerprint density at radius 3 is 3.17 bits per heavy atom. The van der Waals surface area contributed by atoms with Crippen molar-refractivity contribution >= 4 is 0 Å². The smallest absolute Gasteiger partial charge is 0.121 e. The van der Waals surface area contributed by atoms with Gasteiger partial charge in [0.25, 0.3) is 0 Å². The Morgan fingerprint density at radius 1 is 1.58 bits per heavy atom. The van der Waals surface area contributed by atoms with Gasteiger partial charge in [0.2, 0.25) is 0 Å². The molecule has 0 fully saturated rings. The molecular formula is C9H11NO2. The van der Waals surface area contributed by atoms with Gasteiger partial charge >= 0.3 is 0 Å². The number of rotatable bonds is 1. The Hall–Kier alpha value is -1.06. The average Bonchev–Trinajstić information content (AvgIpc) is 2.49. The van der Waals surface area contributed by atoms with E-state index < -0.39 is 0 Å². The van der Waals surface area contributed by atoms with Crippen molar-refractivity contribution in [2.75, 3.05) is 6.54 Å². The molecule has 1 heterocycles. The maximum absolute atomic E-state index is 9.42. The summed E-state index contributed by atoms with van der Waals surface area (Å²) in [6.45, 7) is 0.945. The maximum Gasteiger partial charge on any atom is 0.121 e. The van der Waals surface area contributed by atoms with Crippen LogP contribution in [0, 0.1) is 0 Å². The van der Waals surface area contributed by atoms with Crippen molar-refractivity contribution in [2.24, 2.45) is 5.73 Å². The van der Waals surface area contributed by atoms with Crippen molar-refractivity contribution in [2.45, 2.75) is 12.7 Å². The summed E-state index contributed by atoms with van der Waals surface area (Å²) >= 11 is 0. The molecule has 1 aromatic carbocycles. The van der Waals surface area contributed by atoms with Gasteiger partial charge in [0.05, 0.1) is 12.7 Å². The normalized spacial score (nSPS) is 20.9. The fourth-order valence-electron chi connectivity index (χ4n) is 1.52. The second-order valence-corrected chi connectivity index (χ2v) is 2.88. The number of benzene rings is 1. The molecule has 1 aromatic rings. The van der Waals surface area contributed by atoms with E-state index in [0.717, 1.165) is 11.1 Å². The van der Waals surface area contributed by atoms with E-state index in [1.54, 1.807) is 6.07 Å². The van der Waals surface area contributed by atoms with Gasteiger partial charge < -0.3 is 15.6 Å². The third kappa shape index (κ3) is 0.983. The van der Waals surface area contributed by atoms with Crippen LogP contribution in [0.2, 0.25) is 0 Å². The van der Waals surface area contributed by atoms with Gasteiger partial charge in [0, 0.05) is 12.1 Å². The van der Waals surface area contributed by atoms with Gasteiger partial charge in [0.1, 0.15) is 5.75 Å². The third-order valence-corrected chi connectivity index (χ3v) is 2.18. The van der Waals surface area contributed by atoms with Crippen molar-refractivity contribution in [1.29, 1.82) is 0 Å². The number of fused-ring (bicyclic) bond motifs is 1. The van der Waals surface area contributed by atoms with Crippen LogP contribution in [0.25, 0.3) is 0 Å². The van der Waals surface area contributed by atoms with Gasteiger partial charge in [-0.15, -0.1) is 0 Å². The molecular weight excluding hydrogens is 154 g/mol. The number of aromatic hydroxyl groups is 1. The molecule has 0 aliphatic carbocycles. The van der Waals surface area contributed by atoms with E-state index in [-0.39, 0.29) is 6.10 Å². The standard InChI is InChI=1S/C9H11NO2/c10-4-9-6-2-1-3-8(11)7(6)5-12-9/h1-3,9,11H,4-5,10H2. The van der Waals surface area contributed by atoms with Crippen LogP contribution in [0.3, 0.4) is 0 Å². The second kappa shape index (κ2) is 2.77. The van der Waals surface area contributed by atoms with E-state index in [2.05, 4.69) is 0 Å². The Kier molecular flexibility index (Phi) is 1.75. The molecule has 2 rings (SSSR count). The third-order valence-electron chi connectivity index (χ3n) is 2.18. The highest BCUT2D eigenvalue weighted by Crippen LogP contribution is 2.34. The molecule has 1 atom stereocenters. The molecule has 0 saturated heterocycles. The lowest BCUT2D eigenvalue weighted by atomic mass is 10.0. The van der Waals surface area contributed by atoms with Gasteiger partial charge in [0.15, 0.2) is 0 Å². The maximum atomic E-state index is 9.42. The Labute approximate surface area is 70.8 Å². The highest BCUT2D eigenvalue weighted by atomic mass is 16.5. The summed E-state index contributed by atoms with van der Waals surface area (Å²) in [5.74, 6) is 0.309. The average molecular weight is 165 g/mol. The van der Waals surface area contributed by atoms with Crippen molar-refractivity contribution < 1.29 is 9.84 Å². The number of phenols is 1. The van der Waals surface area contributed by atoms with Gasteiger partial charge in [-0.3, -0.25) is 0 Å². The number of nitrogens with two attached hydrogens (primary N) is 1. The number of hydrogen-bond donors (Lipinski definition) is 2. The summed E-state index contributed by atoms with van der Waals surface area (Å²) in [6.07, 6.45) is -0.0351. The predicted octanol–water partition coefficient (Wildman–Crippen LogP) is 0.922. The molecule has 0 amide bonds. The first-order valence-electron chi connectivity index (χ1n) is 3.95.